The molecule has 1 aliphatic carbocycles. The number of nitrogens with zero attached hydrogens (tertiary/aromatic N) is 1. The summed E-state index contributed by atoms with van der Waals surface area (Å²) in [6, 6.07) is 3.57. The number of piperidine rings is 1. The lowest BCUT2D eigenvalue weighted by Gasteiger charge is -2.38. The number of likely N-dealkylation sites (tertiary alicyclic amines) is 1. The van der Waals surface area contributed by atoms with Crippen molar-refractivity contribution in [1.82, 2.24) is 4.98 Å². The molecular weight excluding hydrogens is 286 g/mol. The maximum absolute atomic E-state index is 12.2. The fourth-order valence-corrected chi connectivity index (χ4v) is 4.02. The number of aromatic nitrogens is 1. The minimum absolute atomic E-state index is 0.0363. The van der Waals surface area contributed by atoms with E-state index >= 15 is 0 Å². The number of hydrogen-bond donors (Lipinski definition) is 2. The summed E-state index contributed by atoms with van der Waals surface area (Å²) in [5.74, 6) is 1.78. The number of anilines is 1. The van der Waals surface area contributed by atoms with Gasteiger partial charge in [0.15, 0.2) is 11.7 Å². The molecule has 0 bridgehead atoms. The molecule has 2 fully saturated rings. The highest BCUT2D eigenvalue weighted by atomic mass is 35.5. The van der Waals surface area contributed by atoms with Crippen molar-refractivity contribution < 1.29 is 9.69 Å². The van der Waals surface area contributed by atoms with Crippen LogP contribution in [0.2, 0.25) is 5.15 Å². The molecule has 1 saturated heterocycles. The van der Waals surface area contributed by atoms with Gasteiger partial charge in [0.1, 0.15) is 0 Å². The third-order valence-corrected chi connectivity index (χ3v) is 5.23. The monoisotopic (exact) mass is 308 g/mol. The molecule has 1 aromatic heterocycles. The van der Waals surface area contributed by atoms with Gasteiger partial charge >= 0.3 is 0 Å². The number of quaternary nitrogens is 1. The molecule has 2 N–H and O–H groups in total. The number of halogens is 1. The molecule has 0 radical (unpaired) electrons. The Kier molecular flexibility index (Phi) is 4.76. The summed E-state index contributed by atoms with van der Waals surface area (Å²) in [5, 5.41) is 3.23. The number of carbonyl (C=O) groups excluding carboxylic acids is 1. The first-order chi connectivity index (χ1) is 10.2. The summed E-state index contributed by atoms with van der Waals surface area (Å²) in [6.07, 6.45) is 8.42. The third-order valence-electron chi connectivity index (χ3n) is 4.93. The fraction of sp³-hybridized carbons (Fsp3) is 0.625. The minimum Gasteiger partial charge on any atom is -0.327 e. The summed E-state index contributed by atoms with van der Waals surface area (Å²) in [6.45, 7) is 2.81. The molecule has 5 heteroatoms. The molecule has 2 aliphatic rings. The van der Waals surface area contributed by atoms with Gasteiger partial charge in [0.2, 0.25) is 0 Å². The molecule has 1 unspecified atom stereocenters. The third kappa shape index (κ3) is 3.74. The van der Waals surface area contributed by atoms with Crippen LogP contribution in [-0.2, 0) is 4.79 Å². The minimum atomic E-state index is 0.0363. The summed E-state index contributed by atoms with van der Waals surface area (Å²) in [7, 11) is 0. The summed E-state index contributed by atoms with van der Waals surface area (Å²) < 4.78 is 0. The van der Waals surface area contributed by atoms with Gasteiger partial charge in [-0.05, 0) is 37.3 Å². The molecule has 1 aliphatic heterocycles. The van der Waals surface area contributed by atoms with E-state index in [0.717, 1.165) is 24.9 Å². The van der Waals surface area contributed by atoms with Crippen LogP contribution >= 0.6 is 11.6 Å². The maximum atomic E-state index is 12.2. The van der Waals surface area contributed by atoms with Crippen LogP contribution < -0.4 is 10.2 Å². The van der Waals surface area contributed by atoms with Crippen molar-refractivity contribution in [2.24, 2.45) is 11.8 Å². The SMILES string of the molecule is O=C(C[NH+]1CC[C@H]2CCCC[C@@H]2C1)Nc1cccnc1Cl. The van der Waals surface area contributed by atoms with Crippen LogP contribution in [0.3, 0.4) is 0 Å². The maximum Gasteiger partial charge on any atom is 0.279 e. The van der Waals surface area contributed by atoms with E-state index in [-0.39, 0.29) is 5.91 Å². The van der Waals surface area contributed by atoms with Gasteiger partial charge in [-0.1, -0.05) is 24.4 Å². The van der Waals surface area contributed by atoms with Crippen molar-refractivity contribution in [3.63, 3.8) is 0 Å². The van der Waals surface area contributed by atoms with Gasteiger partial charge in [0, 0.05) is 12.1 Å². The highest BCUT2D eigenvalue weighted by Crippen LogP contribution is 2.32. The number of fused-ring (bicyclic) bond motifs is 1. The molecule has 114 valence electrons. The Balaban J connectivity index is 1.52. The summed E-state index contributed by atoms with van der Waals surface area (Å²) >= 11 is 5.97. The van der Waals surface area contributed by atoms with Gasteiger partial charge in [-0.25, -0.2) is 4.98 Å². The first-order valence-electron chi connectivity index (χ1n) is 7.96. The Morgan fingerprint density at radius 2 is 2.14 bits per heavy atom. The van der Waals surface area contributed by atoms with E-state index in [1.54, 1.807) is 18.3 Å². The normalized spacial score (nSPS) is 28.7. The number of nitrogens with one attached hydrogen (secondary N) is 2. The first kappa shape index (κ1) is 14.8. The Morgan fingerprint density at radius 3 is 2.95 bits per heavy atom. The largest absolute Gasteiger partial charge is 0.327 e. The van der Waals surface area contributed by atoms with Crippen molar-refractivity contribution >= 4 is 23.2 Å². The lowest BCUT2D eigenvalue weighted by atomic mass is 9.75. The van der Waals surface area contributed by atoms with Gasteiger partial charge in [0.25, 0.3) is 5.91 Å². The van der Waals surface area contributed by atoms with Gasteiger partial charge < -0.3 is 10.2 Å². The quantitative estimate of drug-likeness (QED) is 0.836. The van der Waals surface area contributed by atoms with Crippen molar-refractivity contribution in [2.45, 2.75) is 32.1 Å². The second-order valence-electron chi connectivity index (χ2n) is 6.36. The van der Waals surface area contributed by atoms with Crippen LogP contribution in [0.4, 0.5) is 5.69 Å². The van der Waals surface area contributed by atoms with Gasteiger partial charge in [0.05, 0.1) is 18.8 Å². The molecule has 4 nitrogen and oxygen atoms in total. The Labute approximate surface area is 130 Å². The van der Waals surface area contributed by atoms with Gasteiger partial charge in [-0.15, -0.1) is 0 Å². The van der Waals surface area contributed by atoms with Gasteiger partial charge in [-0.2, -0.15) is 0 Å². The second kappa shape index (κ2) is 6.75. The smallest absolute Gasteiger partial charge is 0.279 e. The van der Waals surface area contributed by atoms with E-state index in [9.17, 15) is 4.79 Å². The summed E-state index contributed by atoms with van der Waals surface area (Å²) in [5.41, 5.74) is 0.608. The molecule has 2 heterocycles. The predicted molar refractivity (Wildman–Crippen MR) is 83.5 cm³/mol. The second-order valence-corrected chi connectivity index (χ2v) is 6.72. The lowest BCUT2D eigenvalue weighted by molar-refractivity contribution is -0.902. The summed E-state index contributed by atoms with van der Waals surface area (Å²) in [4.78, 5) is 17.6. The van der Waals surface area contributed by atoms with Crippen LogP contribution in [0.15, 0.2) is 18.3 Å². The molecule has 1 amide bonds. The van der Waals surface area contributed by atoms with Crippen LogP contribution in [-0.4, -0.2) is 30.5 Å². The van der Waals surface area contributed by atoms with Crippen LogP contribution in [0.1, 0.15) is 32.1 Å². The Morgan fingerprint density at radius 1 is 1.33 bits per heavy atom. The number of amides is 1. The fourth-order valence-electron chi connectivity index (χ4n) is 3.86. The van der Waals surface area contributed by atoms with E-state index in [4.69, 9.17) is 11.6 Å². The van der Waals surface area contributed by atoms with Crippen LogP contribution in [0.25, 0.3) is 0 Å². The average Bonchev–Trinajstić information content (AvgIpc) is 2.49. The molecule has 1 saturated carbocycles. The van der Waals surface area contributed by atoms with E-state index < -0.39 is 0 Å². The standard InChI is InChI=1S/C16H22ClN3O/c17-16-14(6-3-8-18-16)19-15(21)11-20-9-7-12-4-1-2-5-13(12)10-20/h3,6,8,12-13H,1-2,4-5,7,9-11H2,(H,19,21)/p+1/t12-,13-/m1/s1. The van der Waals surface area contributed by atoms with Crippen molar-refractivity contribution in [3.05, 3.63) is 23.5 Å². The highest BCUT2D eigenvalue weighted by molar-refractivity contribution is 6.32. The molecule has 1 aromatic rings. The zero-order chi connectivity index (χ0) is 14.7. The zero-order valence-corrected chi connectivity index (χ0v) is 13.0. The molecule has 0 aromatic carbocycles. The Bertz CT molecular complexity index is 508. The Hall–Kier alpha value is -1.13. The van der Waals surface area contributed by atoms with Crippen molar-refractivity contribution in [2.75, 3.05) is 25.0 Å². The van der Waals surface area contributed by atoms with Crippen LogP contribution in [0, 0.1) is 11.8 Å². The van der Waals surface area contributed by atoms with Crippen molar-refractivity contribution in [3.8, 4) is 0 Å². The van der Waals surface area contributed by atoms with Gasteiger partial charge in [-0.3, -0.25) is 4.79 Å². The van der Waals surface area contributed by atoms with E-state index in [2.05, 4.69) is 10.3 Å². The van der Waals surface area contributed by atoms with E-state index in [1.807, 2.05) is 0 Å². The number of carbonyl (C=O) groups is 1. The zero-order valence-electron chi connectivity index (χ0n) is 12.3. The molecule has 0 spiro atoms. The molecule has 3 rings (SSSR count). The lowest BCUT2D eigenvalue weighted by Crippen LogP contribution is -3.15. The molecule has 21 heavy (non-hydrogen) atoms. The number of rotatable bonds is 3. The van der Waals surface area contributed by atoms with Crippen LogP contribution in [0.5, 0.6) is 0 Å². The molecular formula is C16H23ClN3O+. The topological polar surface area (TPSA) is 46.4 Å². The van der Waals surface area contributed by atoms with Crippen molar-refractivity contribution in [1.29, 1.82) is 0 Å². The average molecular weight is 309 g/mol. The van der Waals surface area contributed by atoms with E-state index in [0.29, 0.717) is 17.4 Å². The predicted octanol–water partition coefficient (Wildman–Crippen LogP) is 1.77. The first-order valence-corrected chi connectivity index (χ1v) is 8.34. The number of hydrogen-bond acceptors (Lipinski definition) is 2. The van der Waals surface area contributed by atoms with E-state index in [1.165, 1.54) is 37.0 Å². The highest BCUT2D eigenvalue weighted by Gasteiger charge is 2.34. The molecule has 3 atom stereocenters. The number of pyridine rings is 1.